The standard InChI is InChI=1S/C23H25N3O3/c1-15-8-9-16(2)18(14-15)24-20(27)11-13-25-22(29)17-6-4-5-7-19(17)26-21(28)10-12-23(25,26)3/h4-9,14H,10-13H2,1-3H3,(H,24,27). The van der Waals surface area contributed by atoms with E-state index in [0.29, 0.717) is 24.1 Å². The molecule has 0 aliphatic carbocycles. The number of para-hydroxylation sites is 1. The molecule has 1 saturated heterocycles. The Morgan fingerprint density at radius 2 is 1.90 bits per heavy atom. The van der Waals surface area contributed by atoms with Crippen molar-refractivity contribution in [3.63, 3.8) is 0 Å². The summed E-state index contributed by atoms with van der Waals surface area (Å²) in [5.41, 5.74) is 3.29. The van der Waals surface area contributed by atoms with E-state index < -0.39 is 5.66 Å². The van der Waals surface area contributed by atoms with Gasteiger partial charge >= 0.3 is 0 Å². The monoisotopic (exact) mass is 391 g/mol. The Hall–Kier alpha value is -3.15. The summed E-state index contributed by atoms with van der Waals surface area (Å²) in [5.74, 6) is -0.268. The van der Waals surface area contributed by atoms with Crippen molar-refractivity contribution in [2.45, 2.75) is 45.7 Å². The minimum atomic E-state index is -0.734. The molecule has 150 valence electrons. The zero-order valence-electron chi connectivity index (χ0n) is 17.0. The first-order valence-corrected chi connectivity index (χ1v) is 9.92. The lowest BCUT2D eigenvalue weighted by atomic mass is 9.98. The van der Waals surface area contributed by atoms with E-state index in [0.717, 1.165) is 16.8 Å². The average Bonchev–Trinajstić information content (AvgIpc) is 3.00. The quantitative estimate of drug-likeness (QED) is 0.865. The third kappa shape index (κ3) is 3.18. The molecule has 2 aromatic rings. The molecule has 29 heavy (non-hydrogen) atoms. The largest absolute Gasteiger partial charge is 0.326 e. The van der Waals surface area contributed by atoms with Gasteiger partial charge in [0.15, 0.2) is 0 Å². The zero-order chi connectivity index (χ0) is 20.8. The number of carbonyl (C=O) groups excluding carboxylic acids is 3. The molecule has 4 rings (SSSR count). The molecule has 1 fully saturated rings. The van der Waals surface area contributed by atoms with Crippen LogP contribution in [0.1, 0.15) is 47.7 Å². The Morgan fingerprint density at radius 1 is 1.14 bits per heavy atom. The van der Waals surface area contributed by atoms with E-state index in [1.165, 1.54) is 0 Å². The number of fused-ring (bicyclic) bond motifs is 3. The van der Waals surface area contributed by atoms with Gasteiger partial charge in [0.2, 0.25) is 11.8 Å². The van der Waals surface area contributed by atoms with E-state index in [2.05, 4.69) is 5.32 Å². The molecule has 6 nitrogen and oxygen atoms in total. The van der Waals surface area contributed by atoms with Crippen molar-refractivity contribution in [2.24, 2.45) is 0 Å². The van der Waals surface area contributed by atoms with E-state index in [1.54, 1.807) is 21.9 Å². The van der Waals surface area contributed by atoms with Gasteiger partial charge in [0, 0.05) is 25.1 Å². The first-order valence-electron chi connectivity index (χ1n) is 9.92. The number of hydrogen-bond acceptors (Lipinski definition) is 3. The number of nitrogens with zero attached hydrogens (tertiary/aromatic N) is 2. The molecule has 6 heteroatoms. The third-order valence-corrected chi connectivity index (χ3v) is 5.98. The Morgan fingerprint density at radius 3 is 2.69 bits per heavy atom. The van der Waals surface area contributed by atoms with E-state index in [1.807, 2.05) is 51.1 Å². The molecule has 2 heterocycles. The minimum Gasteiger partial charge on any atom is -0.326 e. The van der Waals surface area contributed by atoms with E-state index in [4.69, 9.17) is 0 Å². The number of nitrogens with one attached hydrogen (secondary N) is 1. The second kappa shape index (κ2) is 7.03. The van der Waals surface area contributed by atoms with Crippen LogP contribution in [0.5, 0.6) is 0 Å². The molecule has 0 saturated carbocycles. The lowest BCUT2D eigenvalue weighted by Gasteiger charge is -2.48. The highest BCUT2D eigenvalue weighted by atomic mass is 16.2. The summed E-state index contributed by atoms with van der Waals surface area (Å²) in [7, 11) is 0. The zero-order valence-corrected chi connectivity index (χ0v) is 17.0. The van der Waals surface area contributed by atoms with Crippen LogP contribution >= 0.6 is 0 Å². The number of rotatable bonds is 4. The number of aryl methyl sites for hydroxylation is 2. The van der Waals surface area contributed by atoms with Crippen molar-refractivity contribution in [3.05, 3.63) is 59.2 Å². The van der Waals surface area contributed by atoms with Crippen LogP contribution in [-0.2, 0) is 9.59 Å². The molecule has 0 spiro atoms. The Labute approximate surface area is 170 Å². The second-order valence-electron chi connectivity index (χ2n) is 8.04. The van der Waals surface area contributed by atoms with Crippen LogP contribution < -0.4 is 10.2 Å². The van der Waals surface area contributed by atoms with E-state index in [-0.39, 0.29) is 30.7 Å². The van der Waals surface area contributed by atoms with E-state index >= 15 is 0 Å². The van der Waals surface area contributed by atoms with Crippen molar-refractivity contribution < 1.29 is 14.4 Å². The number of hydrogen-bond donors (Lipinski definition) is 1. The molecule has 1 unspecified atom stereocenters. The van der Waals surface area contributed by atoms with Crippen molar-refractivity contribution in [2.75, 3.05) is 16.8 Å². The van der Waals surface area contributed by atoms with Crippen molar-refractivity contribution in [1.29, 1.82) is 0 Å². The van der Waals surface area contributed by atoms with Crippen molar-refractivity contribution in [3.8, 4) is 0 Å². The van der Waals surface area contributed by atoms with Gasteiger partial charge in [-0.1, -0.05) is 24.3 Å². The molecule has 1 N–H and O–H groups in total. The van der Waals surface area contributed by atoms with E-state index in [9.17, 15) is 14.4 Å². The van der Waals surface area contributed by atoms with Crippen LogP contribution in [-0.4, -0.2) is 34.8 Å². The predicted octanol–water partition coefficient (Wildman–Crippen LogP) is 3.63. The third-order valence-electron chi connectivity index (χ3n) is 5.98. The van der Waals surface area contributed by atoms with Crippen LogP contribution in [0.2, 0.25) is 0 Å². The maximum Gasteiger partial charge on any atom is 0.257 e. The summed E-state index contributed by atoms with van der Waals surface area (Å²) in [4.78, 5) is 41.8. The molecule has 0 radical (unpaired) electrons. The molecular weight excluding hydrogens is 366 g/mol. The second-order valence-corrected chi connectivity index (χ2v) is 8.04. The van der Waals surface area contributed by atoms with Gasteiger partial charge < -0.3 is 10.2 Å². The smallest absolute Gasteiger partial charge is 0.257 e. The highest BCUT2D eigenvalue weighted by molar-refractivity contribution is 6.10. The van der Waals surface area contributed by atoms with Crippen molar-refractivity contribution in [1.82, 2.24) is 4.90 Å². The highest BCUT2D eigenvalue weighted by Crippen LogP contribution is 2.43. The first-order chi connectivity index (χ1) is 13.8. The SMILES string of the molecule is Cc1ccc(C)c(NC(=O)CCN2C(=O)c3ccccc3N3C(=O)CCC23C)c1. The molecule has 2 aliphatic rings. The van der Waals surface area contributed by atoms with Crippen molar-refractivity contribution >= 4 is 29.1 Å². The summed E-state index contributed by atoms with van der Waals surface area (Å²) >= 11 is 0. The number of benzene rings is 2. The molecule has 0 bridgehead atoms. The summed E-state index contributed by atoms with van der Waals surface area (Å²) in [6, 6.07) is 13.1. The average molecular weight is 391 g/mol. The molecule has 1 atom stereocenters. The van der Waals surface area contributed by atoms with Crippen LogP contribution in [0.15, 0.2) is 42.5 Å². The summed E-state index contributed by atoms with van der Waals surface area (Å²) in [6.45, 7) is 6.09. The lowest BCUT2D eigenvalue weighted by molar-refractivity contribution is -0.117. The molecular formula is C23H25N3O3. The number of carbonyl (C=O) groups is 3. The lowest BCUT2D eigenvalue weighted by Crippen LogP contribution is -2.62. The maximum absolute atomic E-state index is 13.2. The molecule has 3 amide bonds. The fourth-order valence-corrected chi connectivity index (χ4v) is 4.34. The molecule has 0 aromatic heterocycles. The minimum absolute atomic E-state index is 0.0114. The van der Waals surface area contributed by atoms with Crippen LogP contribution in [0.4, 0.5) is 11.4 Å². The van der Waals surface area contributed by atoms with Gasteiger partial charge in [0.1, 0.15) is 5.66 Å². The fraction of sp³-hybridized carbons (Fsp3) is 0.348. The molecule has 2 aliphatic heterocycles. The summed E-state index contributed by atoms with van der Waals surface area (Å²) < 4.78 is 0. The van der Waals surface area contributed by atoms with Gasteiger partial charge in [-0.15, -0.1) is 0 Å². The summed E-state index contributed by atoms with van der Waals surface area (Å²) in [6.07, 6.45) is 1.12. The first kappa shape index (κ1) is 19.2. The van der Waals surface area contributed by atoms with Gasteiger partial charge in [-0.25, -0.2) is 0 Å². The van der Waals surface area contributed by atoms with Crippen LogP contribution in [0, 0.1) is 13.8 Å². The number of amides is 3. The van der Waals surface area contributed by atoms with Gasteiger partial charge in [-0.05, 0) is 56.5 Å². The normalized spacial score (nSPS) is 20.5. The Kier molecular flexibility index (Phi) is 4.65. The molecule has 2 aromatic carbocycles. The van der Waals surface area contributed by atoms with Gasteiger partial charge in [0.25, 0.3) is 5.91 Å². The van der Waals surface area contributed by atoms with Gasteiger partial charge in [0.05, 0.1) is 11.3 Å². The number of anilines is 2. The van der Waals surface area contributed by atoms with Crippen LogP contribution in [0.25, 0.3) is 0 Å². The fourth-order valence-electron chi connectivity index (χ4n) is 4.34. The highest BCUT2D eigenvalue weighted by Gasteiger charge is 2.52. The predicted molar refractivity (Wildman–Crippen MR) is 112 cm³/mol. The maximum atomic E-state index is 13.2. The summed E-state index contributed by atoms with van der Waals surface area (Å²) in [5, 5.41) is 2.95. The van der Waals surface area contributed by atoms with Gasteiger partial charge in [-0.3, -0.25) is 19.3 Å². The van der Waals surface area contributed by atoms with Gasteiger partial charge in [-0.2, -0.15) is 0 Å². The Balaban J connectivity index is 1.55. The Bertz CT molecular complexity index is 1020. The topological polar surface area (TPSA) is 69.7 Å². The van der Waals surface area contributed by atoms with Crippen LogP contribution in [0.3, 0.4) is 0 Å².